The molecule has 0 saturated carbocycles. The molecule has 2 rings (SSSR count). The Labute approximate surface area is 101 Å². The van der Waals surface area contributed by atoms with Crippen molar-refractivity contribution in [2.24, 2.45) is 0 Å². The molecule has 0 bridgehead atoms. The molecule has 0 spiro atoms. The highest BCUT2D eigenvalue weighted by Crippen LogP contribution is 2.11. The zero-order valence-electron chi connectivity index (χ0n) is 9.25. The molecule has 0 unspecified atom stereocenters. The third-order valence-electron chi connectivity index (χ3n) is 2.47. The molecule has 94 valence electrons. The van der Waals surface area contributed by atoms with Gasteiger partial charge >= 0.3 is 5.97 Å². The number of H-pyrrole nitrogens is 1. The Hall–Kier alpha value is -2.41. The van der Waals surface area contributed by atoms with Crippen LogP contribution in [-0.4, -0.2) is 44.7 Å². The van der Waals surface area contributed by atoms with Crippen molar-refractivity contribution in [2.75, 3.05) is 6.61 Å². The maximum atomic E-state index is 11.8. The number of aliphatic hydroxyl groups is 1. The number of carboxylic acid groups (broad SMARTS) is 1. The first kappa shape index (κ1) is 12.1. The summed E-state index contributed by atoms with van der Waals surface area (Å²) in [4.78, 5) is 29.3. The van der Waals surface area contributed by atoms with Crippen molar-refractivity contribution >= 4 is 22.9 Å². The Bertz CT molecular complexity index is 593. The number of aliphatic hydroxyl groups excluding tert-OH is 1. The fraction of sp³-hybridized carbons (Fsp3) is 0.182. The van der Waals surface area contributed by atoms with Gasteiger partial charge in [0.05, 0.1) is 24.0 Å². The van der Waals surface area contributed by atoms with Crippen LogP contribution in [0.15, 0.2) is 24.5 Å². The Kier molecular flexibility index (Phi) is 3.24. The van der Waals surface area contributed by atoms with Gasteiger partial charge in [-0.15, -0.1) is 0 Å². The number of aromatic nitrogens is 2. The number of amides is 1. The van der Waals surface area contributed by atoms with Crippen molar-refractivity contribution < 1.29 is 19.8 Å². The summed E-state index contributed by atoms with van der Waals surface area (Å²) >= 11 is 0. The van der Waals surface area contributed by atoms with E-state index < -0.39 is 24.5 Å². The fourth-order valence-corrected chi connectivity index (χ4v) is 1.50. The summed E-state index contributed by atoms with van der Waals surface area (Å²) < 4.78 is 0. The lowest BCUT2D eigenvalue weighted by Crippen LogP contribution is -2.43. The lowest BCUT2D eigenvalue weighted by molar-refractivity contribution is -0.140. The van der Waals surface area contributed by atoms with Crippen molar-refractivity contribution in [3.05, 3.63) is 30.1 Å². The number of fused-ring (bicyclic) bond motifs is 1. The second kappa shape index (κ2) is 4.84. The molecular weight excluding hydrogens is 238 g/mol. The van der Waals surface area contributed by atoms with Crippen molar-refractivity contribution in [1.29, 1.82) is 0 Å². The molecule has 4 N–H and O–H groups in total. The number of nitrogens with zero attached hydrogens (tertiary/aromatic N) is 1. The van der Waals surface area contributed by atoms with Gasteiger partial charge in [-0.25, -0.2) is 9.78 Å². The zero-order valence-corrected chi connectivity index (χ0v) is 9.25. The van der Waals surface area contributed by atoms with Crippen LogP contribution in [0.2, 0.25) is 0 Å². The van der Waals surface area contributed by atoms with Crippen molar-refractivity contribution in [3.63, 3.8) is 0 Å². The minimum Gasteiger partial charge on any atom is -0.480 e. The standard InChI is InChI=1S/C11H11N3O4/c15-4-9(11(17)18)14-10(16)6-1-2-7-8(3-6)13-5-12-7/h1-3,5,9,15H,4H2,(H,12,13)(H,14,16)(H,17,18)/t9-/m0/s1. The molecule has 0 aliphatic rings. The van der Waals surface area contributed by atoms with Crippen molar-refractivity contribution in [1.82, 2.24) is 15.3 Å². The molecule has 0 aliphatic heterocycles. The van der Waals surface area contributed by atoms with Gasteiger partial charge in [0.1, 0.15) is 0 Å². The van der Waals surface area contributed by atoms with Crippen LogP contribution in [0.25, 0.3) is 11.0 Å². The van der Waals surface area contributed by atoms with E-state index >= 15 is 0 Å². The number of benzene rings is 1. The zero-order chi connectivity index (χ0) is 13.1. The van der Waals surface area contributed by atoms with E-state index in [4.69, 9.17) is 10.2 Å². The van der Waals surface area contributed by atoms with Gasteiger partial charge in [-0.05, 0) is 18.2 Å². The van der Waals surface area contributed by atoms with Gasteiger partial charge in [0, 0.05) is 5.56 Å². The average molecular weight is 249 g/mol. The van der Waals surface area contributed by atoms with Crippen LogP contribution in [0.1, 0.15) is 10.4 Å². The number of carbonyl (C=O) groups is 2. The van der Waals surface area contributed by atoms with E-state index in [-0.39, 0.29) is 0 Å². The molecule has 0 saturated heterocycles. The van der Waals surface area contributed by atoms with Gasteiger partial charge in [0.25, 0.3) is 5.91 Å². The highest BCUT2D eigenvalue weighted by Gasteiger charge is 2.19. The van der Waals surface area contributed by atoms with Crippen LogP contribution in [-0.2, 0) is 4.79 Å². The summed E-state index contributed by atoms with van der Waals surface area (Å²) in [6, 6.07) is 3.44. The van der Waals surface area contributed by atoms with Gasteiger partial charge in [0.15, 0.2) is 6.04 Å². The van der Waals surface area contributed by atoms with E-state index in [0.717, 1.165) is 0 Å². The maximum absolute atomic E-state index is 11.8. The molecule has 7 heteroatoms. The first-order valence-electron chi connectivity index (χ1n) is 5.19. The molecule has 1 amide bonds. The van der Waals surface area contributed by atoms with E-state index in [2.05, 4.69) is 15.3 Å². The quantitative estimate of drug-likeness (QED) is 0.595. The lowest BCUT2D eigenvalue weighted by Gasteiger charge is -2.11. The number of hydrogen-bond donors (Lipinski definition) is 4. The summed E-state index contributed by atoms with van der Waals surface area (Å²) in [5.74, 6) is -1.85. The Balaban J connectivity index is 2.19. The van der Waals surface area contributed by atoms with Gasteiger partial charge in [-0.1, -0.05) is 0 Å². The van der Waals surface area contributed by atoms with Crippen LogP contribution in [0, 0.1) is 0 Å². The molecule has 0 fully saturated rings. The maximum Gasteiger partial charge on any atom is 0.328 e. The van der Waals surface area contributed by atoms with Crippen LogP contribution in [0.4, 0.5) is 0 Å². The number of aromatic amines is 1. The number of aliphatic carboxylic acids is 1. The number of imidazole rings is 1. The number of hydrogen-bond acceptors (Lipinski definition) is 4. The highest BCUT2D eigenvalue weighted by molar-refractivity contribution is 5.99. The normalized spacial score (nSPS) is 12.3. The summed E-state index contributed by atoms with van der Waals surface area (Å²) in [6.45, 7) is -0.659. The van der Waals surface area contributed by atoms with Crippen LogP contribution in [0.5, 0.6) is 0 Å². The number of nitrogens with one attached hydrogen (secondary N) is 2. The molecule has 1 atom stereocenters. The lowest BCUT2D eigenvalue weighted by atomic mass is 10.1. The van der Waals surface area contributed by atoms with Gasteiger partial charge in [-0.3, -0.25) is 4.79 Å². The largest absolute Gasteiger partial charge is 0.480 e. The number of carbonyl (C=O) groups excluding carboxylic acids is 1. The Morgan fingerprint density at radius 1 is 1.44 bits per heavy atom. The third kappa shape index (κ3) is 2.30. The Morgan fingerprint density at radius 3 is 2.89 bits per heavy atom. The third-order valence-corrected chi connectivity index (χ3v) is 2.47. The van der Waals surface area contributed by atoms with E-state index in [1.165, 1.54) is 12.4 Å². The van der Waals surface area contributed by atoms with Gasteiger partial charge < -0.3 is 20.5 Å². The summed E-state index contributed by atoms with van der Waals surface area (Å²) in [5, 5.41) is 19.8. The topological polar surface area (TPSA) is 115 Å². The summed E-state index contributed by atoms with van der Waals surface area (Å²) in [7, 11) is 0. The minimum atomic E-state index is -1.31. The first-order chi connectivity index (χ1) is 8.61. The van der Waals surface area contributed by atoms with Crippen LogP contribution < -0.4 is 5.32 Å². The molecule has 2 aromatic rings. The summed E-state index contributed by atoms with van der Waals surface area (Å²) in [5.41, 5.74) is 1.69. The number of carboxylic acids is 1. The van der Waals surface area contributed by atoms with E-state index in [9.17, 15) is 9.59 Å². The molecule has 18 heavy (non-hydrogen) atoms. The minimum absolute atomic E-state index is 0.298. The van der Waals surface area contributed by atoms with E-state index in [1.807, 2.05) is 0 Å². The van der Waals surface area contributed by atoms with E-state index in [1.54, 1.807) is 12.1 Å². The molecular formula is C11H11N3O4. The molecule has 7 nitrogen and oxygen atoms in total. The first-order valence-corrected chi connectivity index (χ1v) is 5.19. The second-order valence-corrected chi connectivity index (χ2v) is 3.68. The fourth-order valence-electron chi connectivity index (χ4n) is 1.50. The summed E-state index contributed by atoms with van der Waals surface area (Å²) in [6.07, 6.45) is 1.50. The molecule has 1 aromatic heterocycles. The van der Waals surface area contributed by atoms with E-state index in [0.29, 0.717) is 16.6 Å². The SMILES string of the molecule is O=C(N[C@@H](CO)C(=O)O)c1ccc2nc[nH]c2c1. The second-order valence-electron chi connectivity index (χ2n) is 3.68. The Morgan fingerprint density at radius 2 is 2.22 bits per heavy atom. The molecule has 1 heterocycles. The molecule has 0 aliphatic carbocycles. The van der Waals surface area contributed by atoms with Gasteiger partial charge in [-0.2, -0.15) is 0 Å². The molecule has 0 radical (unpaired) electrons. The average Bonchev–Trinajstić information content (AvgIpc) is 2.82. The van der Waals surface area contributed by atoms with Crippen molar-refractivity contribution in [3.8, 4) is 0 Å². The monoisotopic (exact) mass is 249 g/mol. The smallest absolute Gasteiger partial charge is 0.328 e. The number of rotatable bonds is 4. The van der Waals surface area contributed by atoms with Crippen LogP contribution in [0.3, 0.4) is 0 Å². The van der Waals surface area contributed by atoms with Crippen LogP contribution >= 0.6 is 0 Å². The van der Waals surface area contributed by atoms with Gasteiger partial charge in [0.2, 0.25) is 0 Å². The molecule has 1 aromatic carbocycles. The van der Waals surface area contributed by atoms with Crippen molar-refractivity contribution in [2.45, 2.75) is 6.04 Å². The predicted molar refractivity (Wildman–Crippen MR) is 62.1 cm³/mol. The highest BCUT2D eigenvalue weighted by atomic mass is 16.4. The predicted octanol–water partition coefficient (Wildman–Crippen LogP) is -0.262.